The van der Waals surface area contributed by atoms with Crippen LogP contribution in [0.4, 0.5) is 0 Å². The van der Waals surface area contributed by atoms with Gasteiger partial charge in [0.25, 0.3) is 11.5 Å². The molecular formula is C13H14N2O2. The van der Waals surface area contributed by atoms with Crippen molar-refractivity contribution in [3.8, 4) is 0 Å². The third-order valence-electron chi connectivity index (χ3n) is 2.58. The van der Waals surface area contributed by atoms with Crippen LogP contribution in [0.2, 0.25) is 0 Å². The van der Waals surface area contributed by atoms with Crippen LogP contribution < -0.4 is 10.9 Å². The van der Waals surface area contributed by atoms with Gasteiger partial charge in [0.05, 0.1) is 0 Å². The fourth-order valence-electron chi connectivity index (χ4n) is 1.75. The van der Waals surface area contributed by atoms with Gasteiger partial charge < -0.3 is 10.3 Å². The molecule has 2 aromatic rings. The topological polar surface area (TPSA) is 62.0 Å². The Balaban J connectivity index is 2.60. The first-order valence-electron chi connectivity index (χ1n) is 5.53. The van der Waals surface area contributed by atoms with Crippen molar-refractivity contribution in [1.29, 1.82) is 0 Å². The van der Waals surface area contributed by atoms with Crippen LogP contribution in [-0.4, -0.2) is 17.4 Å². The number of carbonyl (C=O) groups excluding carboxylic acids is 1. The number of nitrogens with one attached hydrogen (secondary N) is 2. The quantitative estimate of drug-likeness (QED) is 0.822. The normalized spacial score (nSPS) is 10.5. The molecule has 2 rings (SSSR count). The molecule has 0 saturated carbocycles. The highest BCUT2D eigenvalue weighted by Crippen LogP contribution is 2.12. The maximum Gasteiger partial charge on any atom is 0.267 e. The lowest BCUT2D eigenvalue weighted by atomic mass is 10.1. The number of aromatic nitrogens is 1. The van der Waals surface area contributed by atoms with Crippen molar-refractivity contribution in [2.45, 2.75) is 13.8 Å². The summed E-state index contributed by atoms with van der Waals surface area (Å²) in [4.78, 5) is 26.0. The number of hydrogen-bond donors (Lipinski definition) is 2. The van der Waals surface area contributed by atoms with Gasteiger partial charge in [0.15, 0.2) is 0 Å². The Morgan fingerprint density at radius 3 is 2.82 bits per heavy atom. The second-order valence-electron chi connectivity index (χ2n) is 3.96. The molecule has 0 spiro atoms. The summed E-state index contributed by atoms with van der Waals surface area (Å²) in [6, 6.07) is 7.28. The molecular weight excluding hydrogens is 216 g/mol. The smallest absolute Gasteiger partial charge is 0.267 e. The van der Waals surface area contributed by atoms with Gasteiger partial charge in [-0.05, 0) is 31.4 Å². The van der Waals surface area contributed by atoms with Crippen LogP contribution >= 0.6 is 0 Å². The Morgan fingerprint density at radius 1 is 1.35 bits per heavy atom. The van der Waals surface area contributed by atoms with Gasteiger partial charge in [0.2, 0.25) is 0 Å². The second kappa shape index (κ2) is 4.41. The summed E-state index contributed by atoms with van der Waals surface area (Å²) in [5, 5.41) is 4.04. The number of fused-ring (bicyclic) bond motifs is 1. The van der Waals surface area contributed by atoms with Crippen LogP contribution in [-0.2, 0) is 0 Å². The van der Waals surface area contributed by atoms with Crippen LogP contribution in [0, 0.1) is 6.92 Å². The highest BCUT2D eigenvalue weighted by Gasteiger charge is 2.08. The molecule has 0 fully saturated rings. The molecule has 4 nitrogen and oxygen atoms in total. The fourth-order valence-corrected chi connectivity index (χ4v) is 1.75. The van der Waals surface area contributed by atoms with Crippen molar-refractivity contribution in [3.05, 3.63) is 45.9 Å². The maximum absolute atomic E-state index is 11.8. The van der Waals surface area contributed by atoms with E-state index in [9.17, 15) is 9.59 Å². The van der Waals surface area contributed by atoms with E-state index in [0.717, 1.165) is 10.9 Å². The van der Waals surface area contributed by atoms with E-state index in [4.69, 9.17) is 0 Å². The molecule has 88 valence electrons. The molecule has 0 radical (unpaired) electrons. The Kier molecular flexibility index (Phi) is 2.95. The summed E-state index contributed by atoms with van der Waals surface area (Å²) in [6.07, 6.45) is 0. The lowest BCUT2D eigenvalue weighted by Crippen LogP contribution is -2.26. The molecule has 0 saturated heterocycles. The predicted molar refractivity (Wildman–Crippen MR) is 67.3 cm³/mol. The first-order valence-corrected chi connectivity index (χ1v) is 5.53. The monoisotopic (exact) mass is 230 g/mol. The number of pyridine rings is 1. The summed E-state index contributed by atoms with van der Waals surface area (Å²) < 4.78 is 0. The minimum Gasteiger partial charge on any atom is -0.351 e. The third-order valence-corrected chi connectivity index (χ3v) is 2.58. The minimum atomic E-state index is -0.257. The van der Waals surface area contributed by atoms with Gasteiger partial charge in [-0.15, -0.1) is 0 Å². The van der Waals surface area contributed by atoms with Crippen LogP contribution in [0.5, 0.6) is 0 Å². The zero-order valence-corrected chi connectivity index (χ0v) is 9.83. The molecule has 0 aliphatic heterocycles. The first-order chi connectivity index (χ1) is 8.11. The van der Waals surface area contributed by atoms with Crippen molar-refractivity contribution in [3.63, 3.8) is 0 Å². The number of aryl methyl sites for hydroxylation is 1. The summed E-state index contributed by atoms with van der Waals surface area (Å²) >= 11 is 0. The molecule has 1 aromatic heterocycles. The first kappa shape index (κ1) is 11.4. The van der Waals surface area contributed by atoms with Crippen LogP contribution in [0.1, 0.15) is 23.0 Å². The lowest BCUT2D eigenvalue weighted by molar-refractivity contribution is 0.0951. The largest absolute Gasteiger partial charge is 0.351 e. The molecule has 0 aliphatic carbocycles. The molecule has 2 N–H and O–H groups in total. The van der Waals surface area contributed by atoms with E-state index in [1.54, 1.807) is 6.07 Å². The predicted octanol–water partition coefficient (Wildman–Crippen LogP) is 1.59. The summed E-state index contributed by atoms with van der Waals surface area (Å²) in [5.74, 6) is -0.257. The van der Waals surface area contributed by atoms with E-state index in [2.05, 4.69) is 10.3 Å². The summed E-state index contributed by atoms with van der Waals surface area (Å²) in [6.45, 7) is 4.30. The van der Waals surface area contributed by atoms with E-state index in [0.29, 0.717) is 17.6 Å². The molecule has 0 aliphatic rings. The zero-order valence-electron chi connectivity index (χ0n) is 9.83. The van der Waals surface area contributed by atoms with Gasteiger partial charge in [-0.25, -0.2) is 0 Å². The molecule has 0 atom stereocenters. The van der Waals surface area contributed by atoms with E-state index in [1.165, 1.54) is 0 Å². The van der Waals surface area contributed by atoms with Gasteiger partial charge in [0.1, 0.15) is 5.69 Å². The number of aromatic amines is 1. The van der Waals surface area contributed by atoms with Crippen LogP contribution in [0.15, 0.2) is 29.1 Å². The Bertz CT molecular complexity index is 629. The number of carbonyl (C=O) groups is 1. The molecule has 4 heteroatoms. The highest BCUT2D eigenvalue weighted by molar-refractivity contribution is 5.96. The molecule has 17 heavy (non-hydrogen) atoms. The third kappa shape index (κ3) is 2.20. The van der Waals surface area contributed by atoms with Gasteiger partial charge in [0, 0.05) is 11.9 Å². The SMILES string of the molecule is CCNC(=O)c1cc2ccc(C)cc2c(=O)[nH]1. The van der Waals surface area contributed by atoms with E-state index < -0.39 is 0 Å². The lowest BCUT2D eigenvalue weighted by Gasteiger charge is -2.04. The van der Waals surface area contributed by atoms with Gasteiger partial charge in [-0.2, -0.15) is 0 Å². The Labute approximate surface area is 98.7 Å². The number of benzene rings is 1. The number of H-pyrrole nitrogens is 1. The van der Waals surface area contributed by atoms with Crippen molar-refractivity contribution < 1.29 is 4.79 Å². The molecule has 0 unspecified atom stereocenters. The zero-order chi connectivity index (χ0) is 12.4. The van der Waals surface area contributed by atoms with Gasteiger partial charge >= 0.3 is 0 Å². The average molecular weight is 230 g/mol. The second-order valence-corrected chi connectivity index (χ2v) is 3.96. The van der Waals surface area contributed by atoms with Crippen LogP contribution in [0.3, 0.4) is 0 Å². The molecule has 1 aromatic carbocycles. The number of amides is 1. The summed E-state index contributed by atoms with van der Waals surface area (Å²) in [7, 11) is 0. The number of rotatable bonds is 2. The van der Waals surface area contributed by atoms with Gasteiger partial charge in [-0.1, -0.05) is 17.7 Å². The minimum absolute atomic E-state index is 0.229. The van der Waals surface area contributed by atoms with Crippen molar-refractivity contribution in [1.82, 2.24) is 10.3 Å². The van der Waals surface area contributed by atoms with Crippen molar-refractivity contribution >= 4 is 16.7 Å². The highest BCUT2D eigenvalue weighted by atomic mass is 16.2. The molecule has 0 bridgehead atoms. The maximum atomic E-state index is 11.8. The van der Waals surface area contributed by atoms with Crippen molar-refractivity contribution in [2.24, 2.45) is 0 Å². The van der Waals surface area contributed by atoms with Crippen LogP contribution in [0.25, 0.3) is 10.8 Å². The fraction of sp³-hybridized carbons (Fsp3) is 0.231. The van der Waals surface area contributed by atoms with Crippen molar-refractivity contribution in [2.75, 3.05) is 6.54 Å². The van der Waals surface area contributed by atoms with E-state index >= 15 is 0 Å². The average Bonchev–Trinajstić information content (AvgIpc) is 2.30. The Hall–Kier alpha value is -2.10. The Morgan fingerprint density at radius 2 is 2.12 bits per heavy atom. The van der Waals surface area contributed by atoms with E-state index in [1.807, 2.05) is 32.0 Å². The van der Waals surface area contributed by atoms with Gasteiger partial charge in [-0.3, -0.25) is 9.59 Å². The number of hydrogen-bond acceptors (Lipinski definition) is 2. The standard InChI is InChI=1S/C13H14N2O2/c1-3-14-13(17)11-7-9-5-4-8(2)6-10(9)12(16)15-11/h4-7H,3H2,1-2H3,(H,14,17)(H,15,16). The summed E-state index contributed by atoms with van der Waals surface area (Å²) in [5.41, 5.74) is 1.09. The molecule has 1 amide bonds. The molecule has 1 heterocycles. The van der Waals surface area contributed by atoms with E-state index in [-0.39, 0.29) is 11.5 Å².